The van der Waals surface area contributed by atoms with Crippen molar-refractivity contribution in [2.75, 3.05) is 83.4 Å². The fourth-order valence-electron chi connectivity index (χ4n) is 5.33. The molecule has 6 heteroatoms. The molecule has 2 aliphatic rings. The third kappa shape index (κ3) is 5.77. The summed E-state index contributed by atoms with van der Waals surface area (Å²) in [6.07, 6.45) is 3.73. The maximum atomic E-state index is 13.8. The SMILES string of the molecule is COc1ccccc1-c1ccc(N2CCN(C)CC2)c(C(=O)C=Cc2ccccc2N2CCN(C)CC2)c1. The van der Waals surface area contributed by atoms with Crippen LogP contribution in [0.2, 0.25) is 0 Å². The predicted octanol–water partition coefficient (Wildman–Crippen LogP) is 4.76. The topological polar surface area (TPSA) is 39.3 Å². The molecule has 0 atom stereocenters. The van der Waals surface area contributed by atoms with Gasteiger partial charge in [0, 0.05) is 74.9 Å². The first-order valence-corrected chi connectivity index (χ1v) is 13.5. The minimum absolute atomic E-state index is 0.0175. The average molecular weight is 511 g/mol. The number of rotatable bonds is 7. The van der Waals surface area contributed by atoms with E-state index in [-0.39, 0.29) is 5.78 Å². The second kappa shape index (κ2) is 11.8. The van der Waals surface area contributed by atoms with Crippen LogP contribution in [0.1, 0.15) is 15.9 Å². The lowest BCUT2D eigenvalue weighted by molar-refractivity contribution is 0.104. The van der Waals surface area contributed by atoms with Crippen LogP contribution in [0.3, 0.4) is 0 Å². The Kier molecular flexibility index (Phi) is 8.11. The van der Waals surface area contributed by atoms with Crippen LogP contribution < -0.4 is 14.5 Å². The van der Waals surface area contributed by atoms with Gasteiger partial charge in [-0.25, -0.2) is 0 Å². The van der Waals surface area contributed by atoms with Gasteiger partial charge in [0.2, 0.25) is 0 Å². The molecule has 3 aromatic rings. The Balaban J connectivity index is 1.48. The highest BCUT2D eigenvalue weighted by Crippen LogP contribution is 2.34. The molecule has 0 saturated carbocycles. The number of ether oxygens (including phenoxy) is 1. The van der Waals surface area contributed by atoms with E-state index in [1.165, 1.54) is 5.69 Å². The first-order chi connectivity index (χ1) is 18.5. The van der Waals surface area contributed by atoms with Gasteiger partial charge in [-0.2, -0.15) is 0 Å². The van der Waals surface area contributed by atoms with Gasteiger partial charge in [0.1, 0.15) is 5.75 Å². The van der Waals surface area contributed by atoms with E-state index in [0.29, 0.717) is 0 Å². The maximum Gasteiger partial charge on any atom is 0.187 e. The van der Waals surface area contributed by atoms with Gasteiger partial charge in [0.15, 0.2) is 5.78 Å². The monoisotopic (exact) mass is 510 g/mol. The second-order valence-electron chi connectivity index (χ2n) is 10.3. The van der Waals surface area contributed by atoms with E-state index in [2.05, 4.69) is 64.0 Å². The van der Waals surface area contributed by atoms with Crippen LogP contribution in [0, 0.1) is 0 Å². The summed E-state index contributed by atoms with van der Waals surface area (Å²) in [6, 6.07) is 22.6. The number of methoxy groups -OCH3 is 1. The fraction of sp³-hybridized carbons (Fsp3) is 0.344. The van der Waals surface area contributed by atoms with Crippen LogP contribution in [0.5, 0.6) is 5.75 Å². The van der Waals surface area contributed by atoms with Crippen molar-refractivity contribution in [1.82, 2.24) is 9.80 Å². The molecule has 2 heterocycles. The second-order valence-corrected chi connectivity index (χ2v) is 10.3. The first kappa shape index (κ1) is 26.0. The van der Waals surface area contributed by atoms with Crippen LogP contribution in [0.15, 0.2) is 72.8 Å². The number of carbonyl (C=O) groups is 1. The zero-order valence-electron chi connectivity index (χ0n) is 22.8. The standard InChI is InChI=1S/C32H38N4O2/c1-33-16-20-35(21-17-33)29-10-6-4-8-25(29)13-15-31(37)28-24-26(27-9-5-7-11-32(27)38-3)12-14-30(28)36-22-18-34(2)19-23-36/h4-15,24H,16-23H2,1-3H3. The highest BCUT2D eigenvalue weighted by molar-refractivity contribution is 6.11. The lowest BCUT2D eigenvalue weighted by Gasteiger charge is -2.35. The summed E-state index contributed by atoms with van der Waals surface area (Å²) in [5, 5.41) is 0. The van der Waals surface area contributed by atoms with Crippen molar-refractivity contribution in [1.29, 1.82) is 0 Å². The molecule has 2 saturated heterocycles. The van der Waals surface area contributed by atoms with Crippen molar-refractivity contribution in [3.05, 3.63) is 83.9 Å². The molecule has 198 valence electrons. The molecule has 38 heavy (non-hydrogen) atoms. The predicted molar refractivity (Wildman–Crippen MR) is 158 cm³/mol. The van der Waals surface area contributed by atoms with Gasteiger partial charge in [-0.05, 0) is 61.6 Å². The molecule has 0 unspecified atom stereocenters. The molecule has 5 rings (SSSR count). The Hall–Kier alpha value is -3.61. The van der Waals surface area contributed by atoms with Crippen LogP contribution >= 0.6 is 0 Å². The molecule has 6 nitrogen and oxygen atoms in total. The Morgan fingerprint density at radius 3 is 2.03 bits per heavy atom. The summed E-state index contributed by atoms with van der Waals surface area (Å²) in [5.41, 5.74) is 5.96. The summed E-state index contributed by atoms with van der Waals surface area (Å²) < 4.78 is 5.62. The highest BCUT2D eigenvalue weighted by atomic mass is 16.5. The number of hydrogen-bond donors (Lipinski definition) is 0. The van der Waals surface area contributed by atoms with Crippen molar-refractivity contribution in [3.63, 3.8) is 0 Å². The molecular formula is C32H38N4O2. The van der Waals surface area contributed by atoms with E-state index in [1.807, 2.05) is 42.5 Å². The molecule has 3 aromatic carbocycles. The lowest BCUT2D eigenvalue weighted by atomic mass is 9.97. The van der Waals surface area contributed by atoms with E-state index >= 15 is 0 Å². The number of anilines is 2. The summed E-state index contributed by atoms with van der Waals surface area (Å²) in [7, 11) is 6.00. The van der Waals surface area contributed by atoms with E-state index in [1.54, 1.807) is 13.2 Å². The lowest BCUT2D eigenvalue weighted by Crippen LogP contribution is -2.45. The van der Waals surface area contributed by atoms with Crippen molar-refractivity contribution in [3.8, 4) is 16.9 Å². The number of allylic oxidation sites excluding steroid dienone is 1. The number of nitrogens with zero attached hydrogens (tertiary/aromatic N) is 4. The van der Waals surface area contributed by atoms with Gasteiger partial charge in [0.25, 0.3) is 0 Å². The first-order valence-electron chi connectivity index (χ1n) is 13.5. The van der Waals surface area contributed by atoms with Crippen LogP contribution in [-0.2, 0) is 0 Å². The van der Waals surface area contributed by atoms with Gasteiger partial charge in [-0.15, -0.1) is 0 Å². The zero-order valence-corrected chi connectivity index (χ0v) is 22.8. The molecule has 0 aromatic heterocycles. The van der Waals surface area contributed by atoms with Gasteiger partial charge in [-0.3, -0.25) is 4.79 Å². The van der Waals surface area contributed by atoms with Crippen LogP contribution in [0.25, 0.3) is 17.2 Å². The van der Waals surface area contributed by atoms with Crippen LogP contribution in [0.4, 0.5) is 11.4 Å². The molecule has 0 bridgehead atoms. The van der Waals surface area contributed by atoms with Gasteiger partial charge in [0.05, 0.1) is 7.11 Å². The maximum absolute atomic E-state index is 13.8. The van der Waals surface area contributed by atoms with Crippen LogP contribution in [-0.4, -0.2) is 89.1 Å². The number of hydrogen-bond acceptors (Lipinski definition) is 6. The largest absolute Gasteiger partial charge is 0.496 e. The van der Waals surface area contributed by atoms with Gasteiger partial charge < -0.3 is 24.3 Å². The van der Waals surface area contributed by atoms with Crippen molar-refractivity contribution < 1.29 is 9.53 Å². The number of carbonyl (C=O) groups excluding carboxylic acids is 1. The van der Waals surface area contributed by atoms with Crippen molar-refractivity contribution in [2.45, 2.75) is 0 Å². The Morgan fingerprint density at radius 1 is 0.737 bits per heavy atom. The normalized spacial score (nSPS) is 17.2. The third-order valence-corrected chi connectivity index (χ3v) is 7.72. The molecule has 2 aliphatic heterocycles. The Morgan fingerprint density at radius 2 is 1.34 bits per heavy atom. The molecule has 0 aliphatic carbocycles. The zero-order chi connectivity index (χ0) is 26.5. The molecule has 0 amide bonds. The number of piperazine rings is 2. The molecule has 0 radical (unpaired) electrons. The van der Waals surface area contributed by atoms with Gasteiger partial charge >= 0.3 is 0 Å². The molecule has 2 fully saturated rings. The average Bonchev–Trinajstić information content (AvgIpc) is 2.96. The van der Waals surface area contributed by atoms with E-state index in [4.69, 9.17) is 4.74 Å². The number of ketones is 1. The molecule has 0 spiro atoms. The highest BCUT2D eigenvalue weighted by Gasteiger charge is 2.21. The Bertz CT molecular complexity index is 1290. The summed E-state index contributed by atoms with van der Waals surface area (Å²) >= 11 is 0. The van der Waals surface area contributed by atoms with Crippen molar-refractivity contribution in [2.24, 2.45) is 0 Å². The number of para-hydroxylation sites is 2. The van der Waals surface area contributed by atoms with E-state index < -0.39 is 0 Å². The minimum Gasteiger partial charge on any atom is -0.496 e. The molecular weight excluding hydrogens is 472 g/mol. The Labute approximate surface area is 226 Å². The summed E-state index contributed by atoms with van der Waals surface area (Å²) in [5.74, 6) is 0.818. The summed E-state index contributed by atoms with van der Waals surface area (Å²) in [6.45, 7) is 7.84. The van der Waals surface area contributed by atoms with Gasteiger partial charge in [-0.1, -0.05) is 42.5 Å². The molecule has 0 N–H and O–H groups in total. The third-order valence-electron chi connectivity index (χ3n) is 7.72. The van der Waals surface area contributed by atoms with E-state index in [9.17, 15) is 4.79 Å². The smallest absolute Gasteiger partial charge is 0.187 e. The quantitative estimate of drug-likeness (QED) is 0.337. The van der Waals surface area contributed by atoms with E-state index in [0.717, 1.165) is 86.0 Å². The minimum atomic E-state index is 0.0175. The summed E-state index contributed by atoms with van der Waals surface area (Å²) in [4.78, 5) is 23.3. The number of benzene rings is 3. The fourth-order valence-corrected chi connectivity index (χ4v) is 5.33. The van der Waals surface area contributed by atoms with Crippen molar-refractivity contribution >= 4 is 23.2 Å². The number of likely N-dealkylation sites (N-methyl/N-ethyl adjacent to an activating group) is 2.